The number of halogens is 1. The SMILES string of the molecule is COc1ccc(NC(=O)CCc2nc(CSc3nc4cc(C)c(C)cc4[nH]3)no2)cc1Cl. The van der Waals surface area contributed by atoms with E-state index in [2.05, 4.69) is 51.4 Å². The van der Waals surface area contributed by atoms with Crippen molar-refractivity contribution in [2.24, 2.45) is 0 Å². The van der Waals surface area contributed by atoms with Crippen LogP contribution in [-0.2, 0) is 17.0 Å². The quantitative estimate of drug-likeness (QED) is 0.345. The van der Waals surface area contributed by atoms with Crippen LogP contribution >= 0.6 is 23.4 Å². The molecule has 2 aromatic heterocycles. The van der Waals surface area contributed by atoms with Crippen molar-refractivity contribution < 1.29 is 14.1 Å². The van der Waals surface area contributed by atoms with Crippen LogP contribution in [0.25, 0.3) is 11.0 Å². The standard InChI is InChI=1S/C22H22ClN5O3S/c1-12-8-16-17(9-13(12)2)26-22(25-16)32-11-19-27-21(31-28-19)7-6-20(29)24-14-4-5-18(30-3)15(23)10-14/h4-5,8-10H,6-7,11H2,1-3H3,(H,24,29)(H,25,26). The molecule has 0 fully saturated rings. The Morgan fingerprint density at radius 1 is 1.22 bits per heavy atom. The van der Waals surface area contributed by atoms with Crippen molar-refractivity contribution in [3.05, 3.63) is 58.2 Å². The Morgan fingerprint density at radius 3 is 2.81 bits per heavy atom. The highest BCUT2D eigenvalue weighted by atomic mass is 35.5. The molecule has 0 aliphatic heterocycles. The summed E-state index contributed by atoms with van der Waals surface area (Å²) in [6, 6.07) is 9.23. The zero-order valence-electron chi connectivity index (χ0n) is 17.9. The predicted molar refractivity (Wildman–Crippen MR) is 124 cm³/mol. The number of aryl methyl sites for hydroxylation is 3. The zero-order valence-corrected chi connectivity index (χ0v) is 19.4. The van der Waals surface area contributed by atoms with Gasteiger partial charge in [-0.2, -0.15) is 4.98 Å². The molecule has 0 saturated heterocycles. The second kappa shape index (κ2) is 9.62. The van der Waals surface area contributed by atoms with Gasteiger partial charge in [0.2, 0.25) is 11.8 Å². The third-order valence-electron chi connectivity index (χ3n) is 4.93. The van der Waals surface area contributed by atoms with Crippen LogP contribution in [0.4, 0.5) is 5.69 Å². The number of thioether (sulfide) groups is 1. The predicted octanol–water partition coefficient (Wildman–Crippen LogP) is 5.09. The molecule has 2 N–H and O–H groups in total. The number of rotatable bonds is 8. The van der Waals surface area contributed by atoms with Gasteiger partial charge >= 0.3 is 0 Å². The lowest BCUT2D eigenvalue weighted by Crippen LogP contribution is -2.12. The number of hydrogen-bond donors (Lipinski definition) is 2. The van der Waals surface area contributed by atoms with Crippen LogP contribution in [0.2, 0.25) is 5.02 Å². The van der Waals surface area contributed by atoms with Gasteiger partial charge in [0.15, 0.2) is 11.0 Å². The number of H-pyrrole nitrogens is 1. The first-order valence-electron chi connectivity index (χ1n) is 9.96. The van der Waals surface area contributed by atoms with Crippen molar-refractivity contribution in [3.63, 3.8) is 0 Å². The average molecular weight is 472 g/mol. The maximum Gasteiger partial charge on any atom is 0.227 e. The van der Waals surface area contributed by atoms with Crippen LogP contribution in [-0.4, -0.2) is 33.1 Å². The molecular formula is C22H22ClN5O3S. The smallest absolute Gasteiger partial charge is 0.227 e. The molecule has 0 aliphatic carbocycles. The van der Waals surface area contributed by atoms with Gasteiger partial charge in [-0.15, -0.1) is 0 Å². The number of nitrogens with one attached hydrogen (secondary N) is 2. The highest BCUT2D eigenvalue weighted by Gasteiger charge is 2.12. The Balaban J connectivity index is 1.28. The number of methoxy groups -OCH3 is 1. The number of aromatic nitrogens is 4. The van der Waals surface area contributed by atoms with Crippen molar-refractivity contribution in [2.45, 2.75) is 37.6 Å². The molecule has 2 heterocycles. The molecule has 2 aromatic carbocycles. The number of imidazole rings is 1. The summed E-state index contributed by atoms with van der Waals surface area (Å²) in [6.45, 7) is 4.15. The van der Waals surface area contributed by atoms with Crippen LogP contribution in [0.1, 0.15) is 29.3 Å². The van der Waals surface area contributed by atoms with Crippen LogP contribution in [0.5, 0.6) is 5.75 Å². The van der Waals surface area contributed by atoms with E-state index in [9.17, 15) is 4.79 Å². The number of carbonyl (C=O) groups excluding carboxylic acids is 1. The minimum absolute atomic E-state index is 0.173. The van der Waals surface area contributed by atoms with Gasteiger partial charge in [-0.25, -0.2) is 4.98 Å². The lowest BCUT2D eigenvalue weighted by atomic mass is 10.1. The van der Waals surface area contributed by atoms with Gasteiger partial charge in [0, 0.05) is 18.5 Å². The zero-order chi connectivity index (χ0) is 22.7. The monoisotopic (exact) mass is 471 g/mol. The number of ether oxygens (including phenoxy) is 1. The van der Waals surface area contributed by atoms with Crippen LogP contribution < -0.4 is 10.1 Å². The molecule has 1 amide bonds. The fourth-order valence-electron chi connectivity index (χ4n) is 3.09. The summed E-state index contributed by atoms with van der Waals surface area (Å²) in [5, 5.41) is 8.02. The lowest BCUT2D eigenvalue weighted by molar-refractivity contribution is -0.116. The maximum absolute atomic E-state index is 12.2. The Bertz CT molecular complexity index is 1230. The largest absolute Gasteiger partial charge is 0.495 e. The van der Waals surface area contributed by atoms with Crippen LogP contribution in [0.3, 0.4) is 0 Å². The molecule has 0 atom stereocenters. The molecule has 0 aliphatic rings. The third kappa shape index (κ3) is 5.23. The molecular weight excluding hydrogens is 450 g/mol. The van der Waals surface area contributed by atoms with E-state index in [1.54, 1.807) is 18.2 Å². The normalized spacial score (nSPS) is 11.1. The minimum atomic E-state index is -0.173. The summed E-state index contributed by atoms with van der Waals surface area (Å²) in [7, 11) is 1.54. The van der Waals surface area contributed by atoms with E-state index >= 15 is 0 Å². The molecule has 32 heavy (non-hydrogen) atoms. The highest BCUT2D eigenvalue weighted by Crippen LogP contribution is 2.27. The summed E-state index contributed by atoms with van der Waals surface area (Å²) in [6.07, 6.45) is 0.553. The van der Waals surface area contributed by atoms with E-state index in [0.29, 0.717) is 40.3 Å². The van der Waals surface area contributed by atoms with E-state index in [0.717, 1.165) is 16.2 Å². The van der Waals surface area contributed by atoms with Gasteiger partial charge in [0.25, 0.3) is 0 Å². The van der Waals surface area contributed by atoms with Gasteiger partial charge in [-0.1, -0.05) is 28.5 Å². The van der Waals surface area contributed by atoms with E-state index in [4.69, 9.17) is 20.9 Å². The van der Waals surface area contributed by atoms with Gasteiger partial charge < -0.3 is 19.6 Å². The molecule has 0 saturated carbocycles. The number of anilines is 1. The fourth-order valence-corrected chi connectivity index (χ4v) is 4.07. The fraction of sp³-hybridized carbons (Fsp3) is 0.273. The molecule has 0 radical (unpaired) electrons. The number of benzene rings is 2. The number of fused-ring (bicyclic) bond motifs is 1. The minimum Gasteiger partial charge on any atom is -0.495 e. The molecule has 0 bridgehead atoms. The molecule has 4 aromatic rings. The van der Waals surface area contributed by atoms with Gasteiger partial charge in [-0.3, -0.25) is 4.79 Å². The second-order valence-corrected chi connectivity index (χ2v) is 8.66. The first kappa shape index (κ1) is 22.2. The van der Waals surface area contributed by atoms with Crippen molar-refractivity contribution in [1.82, 2.24) is 20.1 Å². The van der Waals surface area contributed by atoms with Crippen molar-refractivity contribution in [1.29, 1.82) is 0 Å². The Kier molecular flexibility index (Phi) is 6.66. The second-order valence-electron chi connectivity index (χ2n) is 7.29. The van der Waals surface area contributed by atoms with Crippen molar-refractivity contribution in [2.75, 3.05) is 12.4 Å². The first-order valence-corrected chi connectivity index (χ1v) is 11.3. The summed E-state index contributed by atoms with van der Waals surface area (Å²) in [5.74, 6) is 1.86. The Hall–Kier alpha value is -3.04. The van der Waals surface area contributed by atoms with Gasteiger partial charge in [-0.05, 0) is 55.3 Å². The number of hydrogen-bond acceptors (Lipinski definition) is 7. The van der Waals surface area contributed by atoms with Crippen LogP contribution in [0, 0.1) is 13.8 Å². The van der Waals surface area contributed by atoms with Crippen LogP contribution in [0.15, 0.2) is 40.0 Å². The molecule has 4 rings (SSSR count). The van der Waals surface area contributed by atoms with Crippen molar-refractivity contribution in [3.8, 4) is 5.75 Å². The molecule has 0 unspecified atom stereocenters. The summed E-state index contributed by atoms with van der Waals surface area (Å²) >= 11 is 7.58. The van der Waals surface area contributed by atoms with Crippen molar-refractivity contribution >= 4 is 46.0 Å². The Labute approximate surface area is 194 Å². The lowest BCUT2D eigenvalue weighted by Gasteiger charge is -2.07. The van der Waals surface area contributed by atoms with Gasteiger partial charge in [0.1, 0.15) is 5.75 Å². The van der Waals surface area contributed by atoms with E-state index in [-0.39, 0.29) is 12.3 Å². The summed E-state index contributed by atoms with van der Waals surface area (Å²) in [4.78, 5) is 24.5. The number of carbonyl (C=O) groups is 1. The molecule has 0 spiro atoms. The number of nitrogens with zero attached hydrogens (tertiary/aromatic N) is 3. The summed E-state index contributed by atoms with van der Waals surface area (Å²) in [5.41, 5.74) is 4.98. The topological polar surface area (TPSA) is 106 Å². The highest BCUT2D eigenvalue weighted by molar-refractivity contribution is 7.98. The van der Waals surface area contributed by atoms with E-state index < -0.39 is 0 Å². The third-order valence-corrected chi connectivity index (χ3v) is 6.09. The molecule has 8 nitrogen and oxygen atoms in total. The Morgan fingerprint density at radius 2 is 2.03 bits per heavy atom. The van der Waals surface area contributed by atoms with E-state index in [1.807, 2.05) is 0 Å². The molecule has 10 heteroatoms. The number of amides is 1. The summed E-state index contributed by atoms with van der Waals surface area (Å²) < 4.78 is 10.4. The van der Waals surface area contributed by atoms with E-state index in [1.165, 1.54) is 30.0 Å². The molecule has 166 valence electrons. The average Bonchev–Trinajstić information content (AvgIpc) is 3.37. The number of aromatic amines is 1. The van der Waals surface area contributed by atoms with Gasteiger partial charge in [0.05, 0.1) is 28.9 Å². The first-order chi connectivity index (χ1) is 15.4. The maximum atomic E-state index is 12.2.